The van der Waals surface area contributed by atoms with Crippen LogP contribution in [0.4, 0.5) is 0 Å². The van der Waals surface area contributed by atoms with Crippen LogP contribution in [-0.4, -0.2) is 26.4 Å². The van der Waals surface area contributed by atoms with Crippen LogP contribution in [0, 0.1) is 11.3 Å². The lowest BCUT2D eigenvalue weighted by Gasteiger charge is -2.39. The molecule has 0 aliphatic carbocycles. The Balaban J connectivity index is 2.59. The van der Waals surface area contributed by atoms with Crippen molar-refractivity contribution in [2.45, 2.75) is 33.3 Å². The van der Waals surface area contributed by atoms with Crippen molar-refractivity contribution in [1.29, 1.82) is 0 Å². The molecule has 0 N–H and O–H groups in total. The Labute approximate surface area is 75.2 Å². The third-order valence-electron chi connectivity index (χ3n) is 2.72. The topological polar surface area (TPSA) is 18.5 Å². The molecule has 1 saturated heterocycles. The summed E-state index contributed by atoms with van der Waals surface area (Å²) in [4.78, 5) is 0. The smallest absolute Gasteiger partial charge is 0.0838 e. The lowest BCUT2D eigenvalue weighted by atomic mass is 9.75. The van der Waals surface area contributed by atoms with Crippen LogP contribution in [0.15, 0.2) is 0 Å². The fourth-order valence-corrected chi connectivity index (χ4v) is 1.93. The number of rotatable bonds is 1. The summed E-state index contributed by atoms with van der Waals surface area (Å²) in [7, 11) is 1.78. The predicted molar refractivity (Wildman–Crippen MR) is 49.2 cm³/mol. The van der Waals surface area contributed by atoms with Gasteiger partial charge in [0.25, 0.3) is 0 Å². The van der Waals surface area contributed by atoms with E-state index in [9.17, 15) is 0 Å². The molecule has 0 aromatic heterocycles. The zero-order valence-electron chi connectivity index (χ0n) is 8.59. The average Bonchev–Trinajstić information content (AvgIpc) is 2.03. The fraction of sp³-hybridized carbons (Fsp3) is 1.00. The highest BCUT2D eigenvalue weighted by molar-refractivity contribution is 4.83. The summed E-state index contributed by atoms with van der Waals surface area (Å²) in [5.74, 6) is 0.635. The number of hydrogen-bond acceptors (Lipinski definition) is 2. The van der Waals surface area contributed by atoms with E-state index in [0.717, 1.165) is 19.6 Å². The molecule has 1 aliphatic heterocycles. The third kappa shape index (κ3) is 2.20. The molecule has 0 bridgehead atoms. The quantitative estimate of drug-likeness (QED) is 0.603. The van der Waals surface area contributed by atoms with Crippen LogP contribution in [0.3, 0.4) is 0 Å². The molecule has 0 aromatic carbocycles. The highest BCUT2D eigenvalue weighted by atomic mass is 16.5. The van der Waals surface area contributed by atoms with Gasteiger partial charge in [-0.15, -0.1) is 0 Å². The van der Waals surface area contributed by atoms with Crippen LogP contribution in [0.25, 0.3) is 0 Å². The van der Waals surface area contributed by atoms with E-state index in [0.29, 0.717) is 17.4 Å². The fourth-order valence-electron chi connectivity index (χ4n) is 1.93. The minimum absolute atomic E-state index is 0.291. The van der Waals surface area contributed by atoms with Crippen LogP contribution >= 0.6 is 0 Å². The summed E-state index contributed by atoms with van der Waals surface area (Å²) < 4.78 is 10.8. The van der Waals surface area contributed by atoms with Gasteiger partial charge >= 0.3 is 0 Å². The summed E-state index contributed by atoms with van der Waals surface area (Å²) in [6.07, 6.45) is 1.42. The molecular weight excluding hydrogens is 152 g/mol. The van der Waals surface area contributed by atoms with E-state index >= 15 is 0 Å². The number of hydrogen-bond donors (Lipinski definition) is 0. The van der Waals surface area contributed by atoms with Gasteiger partial charge in [-0.1, -0.05) is 20.8 Å². The van der Waals surface area contributed by atoms with Gasteiger partial charge in [-0.3, -0.25) is 0 Å². The molecule has 1 fully saturated rings. The van der Waals surface area contributed by atoms with Crippen molar-refractivity contribution in [2.24, 2.45) is 11.3 Å². The van der Waals surface area contributed by atoms with Gasteiger partial charge in [0.15, 0.2) is 0 Å². The van der Waals surface area contributed by atoms with Crippen molar-refractivity contribution in [1.82, 2.24) is 0 Å². The molecule has 72 valence electrons. The van der Waals surface area contributed by atoms with Gasteiger partial charge in [0.2, 0.25) is 0 Å². The van der Waals surface area contributed by atoms with E-state index < -0.39 is 0 Å². The van der Waals surface area contributed by atoms with Crippen molar-refractivity contribution < 1.29 is 9.47 Å². The van der Waals surface area contributed by atoms with Gasteiger partial charge in [0.05, 0.1) is 12.7 Å². The van der Waals surface area contributed by atoms with E-state index in [1.165, 1.54) is 0 Å². The predicted octanol–water partition coefficient (Wildman–Crippen LogP) is 2.08. The molecule has 0 spiro atoms. The Bertz CT molecular complexity index is 137. The first kappa shape index (κ1) is 10.0. The maximum atomic E-state index is 5.41. The minimum Gasteiger partial charge on any atom is -0.379 e. The van der Waals surface area contributed by atoms with Crippen molar-refractivity contribution in [3.63, 3.8) is 0 Å². The van der Waals surface area contributed by atoms with Gasteiger partial charge in [0, 0.05) is 13.7 Å². The normalized spacial score (nSPS) is 32.0. The van der Waals surface area contributed by atoms with Crippen molar-refractivity contribution in [2.75, 3.05) is 20.3 Å². The molecule has 2 unspecified atom stereocenters. The third-order valence-corrected chi connectivity index (χ3v) is 2.72. The van der Waals surface area contributed by atoms with Crippen LogP contribution in [0.5, 0.6) is 0 Å². The highest BCUT2D eigenvalue weighted by Crippen LogP contribution is 2.34. The van der Waals surface area contributed by atoms with Gasteiger partial charge < -0.3 is 9.47 Å². The summed E-state index contributed by atoms with van der Waals surface area (Å²) in [6, 6.07) is 0. The number of methoxy groups -OCH3 is 1. The van der Waals surface area contributed by atoms with Gasteiger partial charge in [-0.05, 0) is 17.8 Å². The van der Waals surface area contributed by atoms with Crippen molar-refractivity contribution >= 4 is 0 Å². The molecule has 2 heteroatoms. The molecule has 12 heavy (non-hydrogen) atoms. The largest absolute Gasteiger partial charge is 0.379 e. The van der Waals surface area contributed by atoms with Crippen LogP contribution in [0.2, 0.25) is 0 Å². The first-order chi connectivity index (χ1) is 5.55. The summed E-state index contributed by atoms with van der Waals surface area (Å²) in [6.45, 7) is 8.47. The summed E-state index contributed by atoms with van der Waals surface area (Å²) in [5.41, 5.74) is 0.338. The SMILES string of the molecule is COC1COCCC1C(C)(C)C. The van der Waals surface area contributed by atoms with E-state index in [2.05, 4.69) is 20.8 Å². The Hall–Kier alpha value is -0.0800. The zero-order valence-corrected chi connectivity index (χ0v) is 8.59. The van der Waals surface area contributed by atoms with Gasteiger partial charge in [-0.25, -0.2) is 0 Å². The molecule has 0 aromatic rings. The molecule has 0 amide bonds. The molecule has 0 radical (unpaired) electrons. The molecular formula is C10H20O2. The second kappa shape index (κ2) is 3.75. The highest BCUT2D eigenvalue weighted by Gasteiger charge is 2.34. The van der Waals surface area contributed by atoms with Crippen LogP contribution < -0.4 is 0 Å². The zero-order chi connectivity index (χ0) is 9.19. The monoisotopic (exact) mass is 172 g/mol. The van der Waals surface area contributed by atoms with Crippen LogP contribution in [-0.2, 0) is 9.47 Å². The minimum atomic E-state index is 0.291. The molecule has 2 nitrogen and oxygen atoms in total. The van der Waals surface area contributed by atoms with Crippen molar-refractivity contribution in [3.8, 4) is 0 Å². The molecule has 1 heterocycles. The summed E-state index contributed by atoms with van der Waals surface area (Å²) in [5, 5.41) is 0. The lowest BCUT2D eigenvalue weighted by Crippen LogP contribution is -2.41. The van der Waals surface area contributed by atoms with Crippen LogP contribution in [0.1, 0.15) is 27.2 Å². The first-order valence-electron chi connectivity index (χ1n) is 4.66. The maximum absolute atomic E-state index is 5.41. The number of ether oxygens (including phenoxy) is 2. The Morgan fingerprint density at radius 2 is 2.00 bits per heavy atom. The molecule has 0 saturated carbocycles. The summed E-state index contributed by atoms with van der Waals surface area (Å²) >= 11 is 0. The van der Waals surface area contributed by atoms with Gasteiger partial charge in [0.1, 0.15) is 0 Å². The van der Waals surface area contributed by atoms with E-state index in [1.54, 1.807) is 7.11 Å². The van der Waals surface area contributed by atoms with E-state index in [4.69, 9.17) is 9.47 Å². The lowest BCUT2D eigenvalue weighted by molar-refractivity contribution is -0.0950. The second-order valence-corrected chi connectivity index (χ2v) is 4.61. The molecule has 2 atom stereocenters. The van der Waals surface area contributed by atoms with Crippen molar-refractivity contribution in [3.05, 3.63) is 0 Å². The Morgan fingerprint density at radius 3 is 2.42 bits per heavy atom. The van der Waals surface area contributed by atoms with Gasteiger partial charge in [-0.2, -0.15) is 0 Å². The van der Waals surface area contributed by atoms with E-state index in [1.807, 2.05) is 0 Å². The Kier molecular flexibility index (Phi) is 3.13. The molecule has 1 aliphatic rings. The molecule has 1 rings (SSSR count). The second-order valence-electron chi connectivity index (χ2n) is 4.61. The standard InChI is InChI=1S/C10H20O2/c1-10(2,3)8-5-6-12-7-9(8)11-4/h8-9H,5-7H2,1-4H3. The average molecular weight is 172 g/mol. The maximum Gasteiger partial charge on any atom is 0.0838 e. The first-order valence-corrected chi connectivity index (χ1v) is 4.66. The van der Waals surface area contributed by atoms with E-state index in [-0.39, 0.29) is 0 Å². The Morgan fingerprint density at radius 1 is 1.33 bits per heavy atom.